The van der Waals surface area contributed by atoms with Crippen molar-refractivity contribution >= 4 is 5.97 Å². The van der Waals surface area contributed by atoms with E-state index in [1.54, 1.807) is 12.1 Å². The standard InChI is InChI=1S/C13H19NO4/c1-3-6-17-7-8-18-10-12-5-4-11(9-14-12)13(15)16-2/h4-5,9H,3,6-8,10H2,1-2H3. The van der Waals surface area contributed by atoms with E-state index in [9.17, 15) is 4.79 Å². The second-order valence-corrected chi connectivity index (χ2v) is 3.69. The second-order valence-electron chi connectivity index (χ2n) is 3.69. The van der Waals surface area contributed by atoms with Crippen LogP contribution in [0, 0.1) is 0 Å². The first-order valence-electron chi connectivity index (χ1n) is 5.96. The molecule has 0 N–H and O–H groups in total. The highest BCUT2D eigenvalue weighted by Gasteiger charge is 2.05. The van der Waals surface area contributed by atoms with Crippen molar-refractivity contribution in [3.8, 4) is 0 Å². The number of rotatable bonds is 8. The lowest BCUT2D eigenvalue weighted by Gasteiger charge is -2.05. The molecule has 0 aliphatic rings. The number of pyridine rings is 1. The molecule has 5 nitrogen and oxygen atoms in total. The van der Waals surface area contributed by atoms with Crippen molar-refractivity contribution in [1.82, 2.24) is 4.98 Å². The van der Waals surface area contributed by atoms with Crippen LogP contribution in [0.1, 0.15) is 29.4 Å². The van der Waals surface area contributed by atoms with E-state index in [1.807, 2.05) is 0 Å². The van der Waals surface area contributed by atoms with E-state index in [2.05, 4.69) is 16.6 Å². The second kappa shape index (κ2) is 8.60. The quantitative estimate of drug-likeness (QED) is 0.522. The summed E-state index contributed by atoms with van der Waals surface area (Å²) in [4.78, 5) is 15.3. The summed E-state index contributed by atoms with van der Waals surface area (Å²) >= 11 is 0. The molecule has 0 bridgehead atoms. The maximum Gasteiger partial charge on any atom is 0.339 e. The van der Waals surface area contributed by atoms with Gasteiger partial charge in [-0.1, -0.05) is 6.92 Å². The van der Waals surface area contributed by atoms with Crippen LogP contribution in [0.4, 0.5) is 0 Å². The molecule has 1 aromatic heterocycles. The molecule has 0 fully saturated rings. The Labute approximate surface area is 107 Å². The summed E-state index contributed by atoms with van der Waals surface area (Å²) in [6.45, 7) is 4.37. The molecule has 0 saturated heterocycles. The Morgan fingerprint density at radius 2 is 2.00 bits per heavy atom. The Balaban J connectivity index is 2.25. The van der Waals surface area contributed by atoms with Crippen molar-refractivity contribution in [2.45, 2.75) is 20.0 Å². The molecule has 0 atom stereocenters. The number of nitrogens with zero attached hydrogens (tertiary/aromatic N) is 1. The van der Waals surface area contributed by atoms with Crippen molar-refractivity contribution in [1.29, 1.82) is 0 Å². The number of carbonyl (C=O) groups excluding carboxylic acids is 1. The summed E-state index contributed by atoms with van der Waals surface area (Å²) in [7, 11) is 1.34. The minimum Gasteiger partial charge on any atom is -0.465 e. The molecule has 0 saturated carbocycles. The first kappa shape index (κ1) is 14.6. The maximum atomic E-state index is 11.2. The van der Waals surface area contributed by atoms with Gasteiger partial charge in [-0.3, -0.25) is 4.98 Å². The van der Waals surface area contributed by atoms with Gasteiger partial charge in [0.05, 0.1) is 38.2 Å². The Morgan fingerprint density at radius 3 is 2.61 bits per heavy atom. The van der Waals surface area contributed by atoms with Crippen LogP contribution in [0.25, 0.3) is 0 Å². The van der Waals surface area contributed by atoms with Crippen molar-refractivity contribution < 1.29 is 19.0 Å². The minimum absolute atomic E-state index is 0.386. The van der Waals surface area contributed by atoms with Gasteiger partial charge in [0.25, 0.3) is 0 Å². The molecule has 0 amide bonds. The number of carbonyl (C=O) groups is 1. The van der Waals surface area contributed by atoms with Crippen LogP contribution in [0.3, 0.4) is 0 Å². The predicted molar refractivity (Wildman–Crippen MR) is 66.3 cm³/mol. The van der Waals surface area contributed by atoms with Gasteiger partial charge < -0.3 is 14.2 Å². The van der Waals surface area contributed by atoms with E-state index in [4.69, 9.17) is 9.47 Å². The number of hydrogen-bond acceptors (Lipinski definition) is 5. The van der Waals surface area contributed by atoms with Crippen LogP contribution < -0.4 is 0 Å². The number of hydrogen-bond donors (Lipinski definition) is 0. The summed E-state index contributed by atoms with van der Waals surface area (Å²) < 4.78 is 15.3. The molecule has 1 heterocycles. The number of esters is 1. The molecular formula is C13H19NO4. The van der Waals surface area contributed by atoms with Gasteiger partial charge in [0.1, 0.15) is 0 Å². The Hall–Kier alpha value is -1.46. The van der Waals surface area contributed by atoms with Gasteiger partial charge in [-0.2, -0.15) is 0 Å². The van der Waals surface area contributed by atoms with Gasteiger partial charge in [-0.15, -0.1) is 0 Å². The Morgan fingerprint density at radius 1 is 1.22 bits per heavy atom. The fourth-order valence-corrected chi connectivity index (χ4v) is 1.29. The molecule has 18 heavy (non-hydrogen) atoms. The smallest absolute Gasteiger partial charge is 0.339 e. The van der Waals surface area contributed by atoms with E-state index in [1.165, 1.54) is 13.3 Å². The summed E-state index contributed by atoms with van der Waals surface area (Å²) in [6, 6.07) is 3.42. The monoisotopic (exact) mass is 253 g/mol. The zero-order valence-electron chi connectivity index (χ0n) is 10.8. The molecule has 100 valence electrons. The third-order valence-electron chi connectivity index (χ3n) is 2.22. The first-order valence-corrected chi connectivity index (χ1v) is 5.96. The molecule has 0 radical (unpaired) electrons. The lowest BCUT2D eigenvalue weighted by atomic mass is 10.2. The van der Waals surface area contributed by atoms with Crippen LogP contribution in [-0.4, -0.2) is 37.9 Å². The highest BCUT2D eigenvalue weighted by atomic mass is 16.5. The van der Waals surface area contributed by atoms with E-state index < -0.39 is 0 Å². The van der Waals surface area contributed by atoms with Gasteiger partial charge in [-0.25, -0.2) is 4.79 Å². The number of methoxy groups -OCH3 is 1. The predicted octanol–water partition coefficient (Wildman–Crippen LogP) is 1.81. The van der Waals surface area contributed by atoms with Crippen LogP contribution in [0.2, 0.25) is 0 Å². The average molecular weight is 253 g/mol. The zero-order valence-corrected chi connectivity index (χ0v) is 10.8. The highest BCUT2D eigenvalue weighted by Crippen LogP contribution is 2.03. The fraction of sp³-hybridized carbons (Fsp3) is 0.538. The molecular weight excluding hydrogens is 234 g/mol. The lowest BCUT2D eigenvalue weighted by Crippen LogP contribution is -2.06. The van der Waals surface area contributed by atoms with Gasteiger partial charge in [0.15, 0.2) is 0 Å². The van der Waals surface area contributed by atoms with Crippen molar-refractivity contribution in [2.75, 3.05) is 26.9 Å². The third kappa shape index (κ3) is 5.25. The minimum atomic E-state index is -0.386. The number of ether oxygens (including phenoxy) is 3. The summed E-state index contributed by atoms with van der Waals surface area (Å²) in [5.41, 5.74) is 1.21. The van der Waals surface area contributed by atoms with E-state index >= 15 is 0 Å². The molecule has 1 aromatic rings. The zero-order chi connectivity index (χ0) is 13.2. The Kier molecular flexibility index (Phi) is 6.98. The summed E-state index contributed by atoms with van der Waals surface area (Å²) in [6.07, 6.45) is 2.49. The van der Waals surface area contributed by atoms with Gasteiger partial charge >= 0.3 is 5.97 Å². The summed E-state index contributed by atoms with van der Waals surface area (Å²) in [5, 5.41) is 0. The van der Waals surface area contributed by atoms with Gasteiger partial charge in [0.2, 0.25) is 0 Å². The van der Waals surface area contributed by atoms with Crippen LogP contribution in [-0.2, 0) is 20.8 Å². The van der Waals surface area contributed by atoms with Crippen LogP contribution in [0.5, 0.6) is 0 Å². The van der Waals surface area contributed by atoms with Crippen LogP contribution >= 0.6 is 0 Å². The van der Waals surface area contributed by atoms with Crippen molar-refractivity contribution in [2.24, 2.45) is 0 Å². The lowest BCUT2D eigenvalue weighted by molar-refractivity contribution is 0.0397. The Bertz CT molecular complexity index is 351. The first-order chi connectivity index (χ1) is 8.77. The molecule has 0 aromatic carbocycles. The van der Waals surface area contributed by atoms with E-state index in [-0.39, 0.29) is 5.97 Å². The highest BCUT2D eigenvalue weighted by molar-refractivity contribution is 5.88. The molecule has 1 rings (SSSR count). The number of aromatic nitrogens is 1. The van der Waals surface area contributed by atoms with Crippen molar-refractivity contribution in [3.63, 3.8) is 0 Å². The van der Waals surface area contributed by atoms with Gasteiger partial charge in [0, 0.05) is 12.8 Å². The van der Waals surface area contributed by atoms with Gasteiger partial charge in [-0.05, 0) is 18.6 Å². The van der Waals surface area contributed by atoms with E-state index in [0.29, 0.717) is 25.4 Å². The SMILES string of the molecule is CCCOCCOCc1ccc(C(=O)OC)cn1. The normalized spacial score (nSPS) is 10.3. The van der Waals surface area contributed by atoms with Crippen LogP contribution in [0.15, 0.2) is 18.3 Å². The molecule has 0 spiro atoms. The van der Waals surface area contributed by atoms with Crippen molar-refractivity contribution in [3.05, 3.63) is 29.6 Å². The topological polar surface area (TPSA) is 57.7 Å². The third-order valence-corrected chi connectivity index (χ3v) is 2.22. The molecule has 0 unspecified atom stereocenters. The molecule has 0 aliphatic heterocycles. The summed E-state index contributed by atoms with van der Waals surface area (Å²) in [5.74, 6) is -0.386. The molecule has 5 heteroatoms. The molecule has 0 aliphatic carbocycles. The fourth-order valence-electron chi connectivity index (χ4n) is 1.29. The maximum absolute atomic E-state index is 11.2. The largest absolute Gasteiger partial charge is 0.465 e. The van der Waals surface area contributed by atoms with E-state index in [0.717, 1.165) is 18.7 Å². The average Bonchev–Trinajstić information content (AvgIpc) is 2.42.